The van der Waals surface area contributed by atoms with Crippen molar-refractivity contribution < 1.29 is 13.2 Å². The number of hydrogen-bond donors (Lipinski definition) is 2. The Labute approximate surface area is 119 Å². The molecule has 1 saturated heterocycles. The van der Waals surface area contributed by atoms with Crippen LogP contribution in [0.15, 0.2) is 24.3 Å². The molecule has 5 nitrogen and oxygen atoms in total. The first-order chi connectivity index (χ1) is 9.28. The molecule has 1 aromatic carbocycles. The number of anilines is 1. The van der Waals surface area contributed by atoms with Crippen LogP contribution in [0.25, 0.3) is 0 Å². The van der Waals surface area contributed by atoms with Crippen LogP contribution in [0, 0.1) is 6.92 Å². The molecule has 1 amide bonds. The average Bonchev–Trinajstić information content (AvgIpc) is 2.62. The fourth-order valence-electron chi connectivity index (χ4n) is 2.37. The highest BCUT2D eigenvalue weighted by Crippen LogP contribution is 2.22. The van der Waals surface area contributed by atoms with Crippen LogP contribution in [-0.2, 0) is 14.6 Å². The zero-order valence-electron chi connectivity index (χ0n) is 11.8. The van der Waals surface area contributed by atoms with Gasteiger partial charge in [-0.25, -0.2) is 8.42 Å². The van der Waals surface area contributed by atoms with Crippen molar-refractivity contribution >= 4 is 21.4 Å². The molecule has 0 saturated carbocycles. The molecule has 1 aliphatic rings. The number of benzene rings is 1. The van der Waals surface area contributed by atoms with E-state index in [2.05, 4.69) is 10.6 Å². The summed E-state index contributed by atoms with van der Waals surface area (Å²) in [7, 11) is -2.96. The third kappa shape index (κ3) is 4.05. The van der Waals surface area contributed by atoms with E-state index in [1.165, 1.54) is 0 Å². The van der Waals surface area contributed by atoms with Crippen LogP contribution < -0.4 is 10.6 Å². The van der Waals surface area contributed by atoms with Gasteiger partial charge in [0, 0.05) is 11.2 Å². The number of carbonyl (C=O) groups excluding carboxylic acids is 1. The van der Waals surface area contributed by atoms with Crippen molar-refractivity contribution in [2.24, 2.45) is 0 Å². The Bertz CT molecular complexity index is 613. The van der Waals surface area contributed by atoms with Gasteiger partial charge in [-0.05, 0) is 38.0 Å². The van der Waals surface area contributed by atoms with Crippen LogP contribution in [0.5, 0.6) is 0 Å². The van der Waals surface area contributed by atoms with Crippen molar-refractivity contribution in [3.05, 3.63) is 29.8 Å². The Hall–Kier alpha value is -1.40. The second kappa shape index (κ2) is 5.54. The van der Waals surface area contributed by atoms with E-state index in [4.69, 9.17) is 0 Å². The van der Waals surface area contributed by atoms with Crippen molar-refractivity contribution in [3.8, 4) is 0 Å². The first kappa shape index (κ1) is 15.0. The molecule has 0 aliphatic carbocycles. The Morgan fingerprint density at radius 3 is 2.75 bits per heavy atom. The third-order valence-electron chi connectivity index (χ3n) is 3.48. The van der Waals surface area contributed by atoms with Crippen LogP contribution >= 0.6 is 0 Å². The lowest BCUT2D eigenvalue weighted by Gasteiger charge is -2.23. The van der Waals surface area contributed by atoms with Crippen molar-refractivity contribution in [1.29, 1.82) is 0 Å². The van der Waals surface area contributed by atoms with Gasteiger partial charge < -0.3 is 10.6 Å². The lowest BCUT2D eigenvalue weighted by Crippen LogP contribution is -2.46. The fourth-order valence-corrected chi connectivity index (χ4v) is 4.49. The number of nitrogens with one attached hydrogen (secondary N) is 2. The maximum atomic E-state index is 11.9. The quantitative estimate of drug-likeness (QED) is 0.872. The highest BCUT2D eigenvalue weighted by molar-refractivity contribution is 7.91. The van der Waals surface area contributed by atoms with E-state index in [-0.39, 0.29) is 24.0 Å². The second-order valence-electron chi connectivity index (χ2n) is 5.67. The first-order valence-electron chi connectivity index (χ1n) is 6.60. The molecule has 1 heterocycles. The zero-order valence-corrected chi connectivity index (χ0v) is 12.6. The number of hydrogen-bond acceptors (Lipinski definition) is 4. The van der Waals surface area contributed by atoms with Gasteiger partial charge in [0.05, 0.1) is 18.1 Å². The molecular formula is C14H20N2O3S. The summed E-state index contributed by atoms with van der Waals surface area (Å²) >= 11 is 0. The largest absolute Gasteiger partial charge is 0.325 e. The summed E-state index contributed by atoms with van der Waals surface area (Å²) in [5.74, 6) is 0.120. The molecule has 1 atom stereocenters. The molecule has 0 bridgehead atoms. The number of sulfone groups is 1. The number of carbonyl (C=O) groups is 1. The molecule has 0 radical (unpaired) electrons. The molecule has 1 fully saturated rings. The van der Waals surface area contributed by atoms with E-state index in [9.17, 15) is 13.2 Å². The summed E-state index contributed by atoms with van der Waals surface area (Å²) in [6.45, 7) is 3.91. The first-order valence-corrected chi connectivity index (χ1v) is 8.42. The predicted octanol–water partition coefficient (Wildman–Crippen LogP) is 1.10. The minimum absolute atomic E-state index is 0.0950. The summed E-state index contributed by atoms with van der Waals surface area (Å²) in [5, 5.41) is 5.85. The van der Waals surface area contributed by atoms with Gasteiger partial charge in [-0.15, -0.1) is 0 Å². The number of rotatable bonds is 4. The maximum Gasteiger partial charge on any atom is 0.238 e. The molecule has 6 heteroatoms. The minimum atomic E-state index is -2.96. The fraction of sp³-hybridized carbons (Fsp3) is 0.500. The summed E-state index contributed by atoms with van der Waals surface area (Å²) in [4.78, 5) is 11.9. The second-order valence-corrected chi connectivity index (χ2v) is 7.86. The van der Waals surface area contributed by atoms with E-state index in [1.54, 1.807) is 0 Å². The molecule has 0 unspecified atom stereocenters. The van der Waals surface area contributed by atoms with Gasteiger partial charge in [0.15, 0.2) is 9.84 Å². The van der Waals surface area contributed by atoms with Crippen molar-refractivity contribution in [3.63, 3.8) is 0 Å². The van der Waals surface area contributed by atoms with Gasteiger partial charge in [-0.1, -0.05) is 12.1 Å². The molecule has 0 aromatic heterocycles. The van der Waals surface area contributed by atoms with Crippen molar-refractivity contribution in [1.82, 2.24) is 5.32 Å². The smallest absolute Gasteiger partial charge is 0.238 e. The summed E-state index contributed by atoms with van der Waals surface area (Å²) in [5.41, 5.74) is 1.33. The van der Waals surface area contributed by atoms with E-state index < -0.39 is 15.4 Å². The Balaban J connectivity index is 1.87. The molecule has 0 spiro atoms. The Kier molecular flexibility index (Phi) is 4.15. The number of amides is 1. The van der Waals surface area contributed by atoms with Gasteiger partial charge >= 0.3 is 0 Å². The van der Waals surface area contributed by atoms with Crippen molar-refractivity contribution in [2.45, 2.75) is 25.8 Å². The minimum Gasteiger partial charge on any atom is -0.325 e. The molecule has 2 rings (SSSR count). The lowest BCUT2D eigenvalue weighted by atomic mass is 10.0. The Morgan fingerprint density at radius 1 is 1.40 bits per heavy atom. The molecule has 2 N–H and O–H groups in total. The highest BCUT2D eigenvalue weighted by Gasteiger charge is 2.38. The molecule has 110 valence electrons. The molecule has 1 aliphatic heterocycles. The van der Waals surface area contributed by atoms with Gasteiger partial charge in [0.25, 0.3) is 0 Å². The number of aryl methyl sites for hydroxylation is 1. The summed E-state index contributed by atoms with van der Waals surface area (Å²) in [6.07, 6.45) is 0.549. The Morgan fingerprint density at radius 2 is 2.15 bits per heavy atom. The molecular weight excluding hydrogens is 276 g/mol. The maximum absolute atomic E-state index is 11.9. The third-order valence-corrected chi connectivity index (χ3v) is 5.38. The van der Waals surface area contributed by atoms with Crippen LogP contribution in [-0.4, -0.2) is 37.9 Å². The van der Waals surface area contributed by atoms with Crippen molar-refractivity contribution in [2.75, 3.05) is 23.4 Å². The monoisotopic (exact) mass is 296 g/mol. The molecule has 20 heavy (non-hydrogen) atoms. The average molecular weight is 296 g/mol. The van der Waals surface area contributed by atoms with Gasteiger partial charge in [-0.2, -0.15) is 0 Å². The standard InChI is InChI=1S/C14H20N2O3S/c1-11-4-3-5-12(8-11)16-13(17)9-15-14(2)6-7-20(18,19)10-14/h3-5,8,15H,6-7,9-10H2,1-2H3,(H,16,17)/t14-/m0/s1. The summed E-state index contributed by atoms with van der Waals surface area (Å²) in [6, 6.07) is 7.55. The topological polar surface area (TPSA) is 75.3 Å². The van der Waals surface area contributed by atoms with E-state index in [0.717, 1.165) is 11.3 Å². The highest BCUT2D eigenvalue weighted by atomic mass is 32.2. The van der Waals surface area contributed by atoms with Gasteiger partial charge in [0.1, 0.15) is 0 Å². The zero-order chi connectivity index (χ0) is 14.8. The van der Waals surface area contributed by atoms with E-state index in [0.29, 0.717) is 6.42 Å². The van der Waals surface area contributed by atoms with Crippen LogP contribution in [0.4, 0.5) is 5.69 Å². The lowest BCUT2D eigenvalue weighted by molar-refractivity contribution is -0.115. The SMILES string of the molecule is Cc1cccc(NC(=O)CN[C@@]2(C)CCS(=O)(=O)C2)c1. The molecule has 1 aromatic rings. The van der Waals surface area contributed by atoms with Crippen LogP contribution in [0.1, 0.15) is 18.9 Å². The summed E-state index contributed by atoms with van der Waals surface area (Å²) < 4.78 is 23.0. The van der Waals surface area contributed by atoms with Gasteiger partial charge in [-0.3, -0.25) is 4.79 Å². The van der Waals surface area contributed by atoms with Crippen LogP contribution in [0.2, 0.25) is 0 Å². The predicted molar refractivity (Wildman–Crippen MR) is 79.5 cm³/mol. The van der Waals surface area contributed by atoms with Crippen LogP contribution in [0.3, 0.4) is 0 Å². The van der Waals surface area contributed by atoms with E-state index >= 15 is 0 Å². The van der Waals surface area contributed by atoms with Gasteiger partial charge in [0.2, 0.25) is 5.91 Å². The van der Waals surface area contributed by atoms with E-state index in [1.807, 2.05) is 38.1 Å². The normalized spacial score (nSPS) is 24.5.